The summed E-state index contributed by atoms with van der Waals surface area (Å²) in [5, 5.41) is 7.69. The first-order valence-electron chi connectivity index (χ1n) is 10.0. The third-order valence-corrected chi connectivity index (χ3v) is 5.38. The normalized spacial score (nSPS) is 13.7. The number of rotatable bonds is 6. The highest BCUT2D eigenvalue weighted by atomic mass is 16.2. The Morgan fingerprint density at radius 3 is 2.48 bits per heavy atom. The Hall–Kier alpha value is -3.18. The van der Waals surface area contributed by atoms with E-state index < -0.39 is 0 Å². The Morgan fingerprint density at radius 2 is 1.62 bits per heavy atom. The summed E-state index contributed by atoms with van der Waals surface area (Å²) < 4.78 is 0. The third-order valence-electron chi connectivity index (χ3n) is 5.38. The van der Waals surface area contributed by atoms with Gasteiger partial charge in [0.25, 0.3) is 5.91 Å². The smallest absolute Gasteiger partial charge is 0.251 e. The van der Waals surface area contributed by atoms with Gasteiger partial charge in [-0.2, -0.15) is 0 Å². The van der Waals surface area contributed by atoms with Gasteiger partial charge in [-0.05, 0) is 40.5 Å². The van der Waals surface area contributed by atoms with Gasteiger partial charge >= 0.3 is 0 Å². The largest absolute Gasteiger partial charge is 0.353 e. The Kier molecular flexibility index (Phi) is 5.86. The van der Waals surface area contributed by atoms with Crippen LogP contribution >= 0.6 is 0 Å². The molecule has 29 heavy (non-hydrogen) atoms. The molecule has 0 bridgehead atoms. The fourth-order valence-corrected chi connectivity index (χ4v) is 3.75. The topological polar surface area (TPSA) is 61.4 Å². The van der Waals surface area contributed by atoms with Gasteiger partial charge in [-0.25, -0.2) is 0 Å². The number of fused-ring (bicyclic) bond motifs is 2. The van der Waals surface area contributed by atoms with Crippen molar-refractivity contribution in [1.82, 2.24) is 15.5 Å². The van der Waals surface area contributed by atoms with E-state index in [-0.39, 0.29) is 18.4 Å². The molecule has 0 unspecified atom stereocenters. The number of hydrogen-bond acceptors (Lipinski definition) is 3. The van der Waals surface area contributed by atoms with Gasteiger partial charge in [0, 0.05) is 31.7 Å². The molecule has 2 N–H and O–H groups in total. The molecule has 0 saturated carbocycles. The molecule has 0 spiro atoms. The fraction of sp³-hybridized carbons (Fsp3) is 0.250. The van der Waals surface area contributed by atoms with Crippen molar-refractivity contribution in [1.29, 1.82) is 0 Å². The van der Waals surface area contributed by atoms with E-state index in [0.717, 1.165) is 36.8 Å². The van der Waals surface area contributed by atoms with Gasteiger partial charge in [0.2, 0.25) is 5.91 Å². The molecule has 4 rings (SSSR count). The van der Waals surface area contributed by atoms with Crippen molar-refractivity contribution < 1.29 is 9.59 Å². The number of nitrogens with zero attached hydrogens (tertiary/aromatic N) is 1. The fourth-order valence-electron chi connectivity index (χ4n) is 3.75. The third kappa shape index (κ3) is 4.81. The lowest BCUT2D eigenvalue weighted by atomic mass is 10.00. The maximum absolute atomic E-state index is 12.3. The molecule has 0 saturated heterocycles. The molecule has 1 aliphatic heterocycles. The zero-order chi connectivity index (χ0) is 20.1. The highest BCUT2D eigenvalue weighted by Gasteiger charge is 2.15. The number of carbonyl (C=O) groups excluding carboxylic acids is 2. The van der Waals surface area contributed by atoms with Crippen LogP contribution in [0.15, 0.2) is 66.7 Å². The average Bonchev–Trinajstić information content (AvgIpc) is 2.77. The standard InChI is InChI=1S/C24H25N3O2/c28-23(25-12-14-27-13-11-19-6-2-4-8-22(19)17-27)16-26-24(29)21-10-9-18-5-1-3-7-20(18)15-21/h1-10,15H,11-14,16-17H2,(H,25,28)(H,26,29). The SMILES string of the molecule is O=C(CNC(=O)c1ccc2ccccc2c1)NCCN1CCc2ccccc2C1. The monoisotopic (exact) mass is 387 g/mol. The lowest BCUT2D eigenvalue weighted by Gasteiger charge is -2.28. The Balaban J connectivity index is 1.20. The van der Waals surface area contributed by atoms with Gasteiger partial charge in [0.15, 0.2) is 0 Å². The molecule has 0 aromatic heterocycles. The minimum Gasteiger partial charge on any atom is -0.353 e. The van der Waals surface area contributed by atoms with E-state index in [0.29, 0.717) is 12.1 Å². The van der Waals surface area contributed by atoms with Gasteiger partial charge in [-0.15, -0.1) is 0 Å². The second-order valence-corrected chi connectivity index (χ2v) is 7.39. The molecule has 148 valence electrons. The number of benzene rings is 3. The number of amides is 2. The maximum atomic E-state index is 12.3. The van der Waals surface area contributed by atoms with Gasteiger partial charge in [0.1, 0.15) is 0 Å². The number of nitrogens with one attached hydrogen (secondary N) is 2. The lowest BCUT2D eigenvalue weighted by molar-refractivity contribution is -0.120. The molecule has 2 amide bonds. The van der Waals surface area contributed by atoms with Crippen LogP contribution in [0.1, 0.15) is 21.5 Å². The zero-order valence-corrected chi connectivity index (χ0v) is 16.4. The van der Waals surface area contributed by atoms with Crippen LogP contribution in [0.4, 0.5) is 0 Å². The van der Waals surface area contributed by atoms with Crippen LogP contribution in [0, 0.1) is 0 Å². The second-order valence-electron chi connectivity index (χ2n) is 7.39. The lowest BCUT2D eigenvalue weighted by Crippen LogP contribution is -2.41. The van der Waals surface area contributed by atoms with E-state index in [1.165, 1.54) is 11.1 Å². The van der Waals surface area contributed by atoms with Gasteiger partial charge in [0.05, 0.1) is 6.54 Å². The van der Waals surface area contributed by atoms with Gasteiger partial charge in [-0.1, -0.05) is 54.6 Å². The van der Waals surface area contributed by atoms with Crippen molar-refractivity contribution in [2.45, 2.75) is 13.0 Å². The van der Waals surface area contributed by atoms with Crippen molar-refractivity contribution in [3.63, 3.8) is 0 Å². The van der Waals surface area contributed by atoms with E-state index >= 15 is 0 Å². The molecule has 0 aliphatic carbocycles. The average molecular weight is 387 g/mol. The molecular formula is C24H25N3O2. The van der Waals surface area contributed by atoms with E-state index in [1.807, 2.05) is 36.4 Å². The van der Waals surface area contributed by atoms with Crippen molar-refractivity contribution in [3.05, 3.63) is 83.4 Å². The van der Waals surface area contributed by atoms with Crippen LogP contribution in [-0.2, 0) is 17.8 Å². The van der Waals surface area contributed by atoms with E-state index in [4.69, 9.17) is 0 Å². The summed E-state index contributed by atoms with van der Waals surface area (Å²) in [5.74, 6) is -0.407. The Labute approximate surface area is 170 Å². The molecule has 1 heterocycles. The van der Waals surface area contributed by atoms with E-state index in [1.54, 1.807) is 6.07 Å². The second kappa shape index (κ2) is 8.88. The summed E-state index contributed by atoms with van der Waals surface area (Å²) in [7, 11) is 0. The van der Waals surface area contributed by atoms with Crippen LogP contribution in [0.3, 0.4) is 0 Å². The van der Waals surface area contributed by atoms with Crippen molar-refractivity contribution in [2.24, 2.45) is 0 Å². The maximum Gasteiger partial charge on any atom is 0.251 e. The molecule has 0 fully saturated rings. The molecule has 0 atom stereocenters. The molecule has 5 nitrogen and oxygen atoms in total. The van der Waals surface area contributed by atoms with Crippen molar-refractivity contribution >= 4 is 22.6 Å². The molecular weight excluding hydrogens is 362 g/mol. The minimum atomic E-state index is -0.237. The van der Waals surface area contributed by atoms with Crippen LogP contribution in [0.25, 0.3) is 10.8 Å². The summed E-state index contributed by atoms with van der Waals surface area (Å²) in [4.78, 5) is 26.8. The molecule has 3 aromatic carbocycles. The molecule has 5 heteroatoms. The summed E-state index contributed by atoms with van der Waals surface area (Å²) in [6.45, 7) is 3.29. The highest BCUT2D eigenvalue weighted by molar-refractivity contribution is 5.99. The zero-order valence-electron chi connectivity index (χ0n) is 16.4. The number of carbonyl (C=O) groups is 2. The van der Waals surface area contributed by atoms with Crippen LogP contribution in [0.5, 0.6) is 0 Å². The quantitative estimate of drug-likeness (QED) is 0.684. The van der Waals surface area contributed by atoms with E-state index in [2.05, 4.69) is 39.8 Å². The molecule has 0 radical (unpaired) electrons. The first kappa shape index (κ1) is 19.2. The predicted molar refractivity (Wildman–Crippen MR) is 115 cm³/mol. The van der Waals surface area contributed by atoms with Gasteiger partial charge < -0.3 is 10.6 Å². The first-order valence-corrected chi connectivity index (χ1v) is 10.0. The summed E-state index contributed by atoms with van der Waals surface area (Å²) in [5.41, 5.74) is 3.35. The highest BCUT2D eigenvalue weighted by Crippen LogP contribution is 2.18. The van der Waals surface area contributed by atoms with Gasteiger partial charge in [-0.3, -0.25) is 14.5 Å². The predicted octanol–water partition coefficient (Wildman–Crippen LogP) is 2.74. The Bertz CT molecular complexity index is 1030. The molecule has 3 aromatic rings. The van der Waals surface area contributed by atoms with Crippen LogP contribution in [-0.4, -0.2) is 42.9 Å². The Morgan fingerprint density at radius 1 is 0.862 bits per heavy atom. The van der Waals surface area contributed by atoms with Crippen molar-refractivity contribution in [3.8, 4) is 0 Å². The van der Waals surface area contributed by atoms with Crippen LogP contribution in [0.2, 0.25) is 0 Å². The van der Waals surface area contributed by atoms with Crippen molar-refractivity contribution in [2.75, 3.05) is 26.2 Å². The minimum absolute atomic E-state index is 0.0194. The molecule has 1 aliphatic rings. The van der Waals surface area contributed by atoms with Crippen LogP contribution < -0.4 is 10.6 Å². The summed E-state index contributed by atoms with van der Waals surface area (Å²) in [6.07, 6.45) is 1.05. The number of hydrogen-bond donors (Lipinski definition) is 2. The summed E-state index contributed by atoms with van der Waals surface area (Å²) in [6, 6.07) is 21.9. The first-order chi connectivity index (χ1) is 14.2. The summed E-state index contributed by atoms with van der Waals surface area (Å²) >= 11 is 0. The van der Waals surface area contributed by atoms with E-state index in [9.17, 15) is 9.59 Å².